The zero-order chi connectivity index (χ0) is 16.9. The van der Waals surface area contributed by atoms with Gasteiger partial charge in [0, 0.05) is 35.7 Å². The normalized spacial score (nSPS) is 17.9. The topological polar surface area (TPSA) is 38.1 Å². The Hall–Kier alpha value is -1.46. The molecule has 24 heavy (non-hydrogen) atoms. The van der Waals surface area contributed by atoms with E-state index in [0.29, 0.717) is 16.8 Å². The van der Waals surface area contributed by atoms with Crippen LogP contribution in [0.4, 0.5) is 0 Å². The lowest BCUT2D eigenvalue weighted by Crippen LogP contribution is -2.44. The monoisotopic (exact) mass is 363 g/mol. The largest absolute Gasteiger partial charge is 0.339 e. The lowest BCUT2D eigenvalue weighted by Gasteiger charge is -2.35. The average molecular weight is 364 g/mol. The van der Waals surface area contributed by atoms with E-state index in [2.05, 4.69) is 16.8 Å². The maximum atomic E-state index is 12.6. The number of thioether (sulfide) groups is 1. The summed E-state index contributed by atoms with van der Waals surface area (Å²) in [5, 5.41) is 1.50. The smallest absolute Gasteiger partial charge is 0.233 e. The number of imidazole rings is 1. The second kappa shape index (κ2) is 8.08. The number of piperidine rings is 1. The number of halogens is 1. The van der Waals surface area contributed by atoms with Crippen LogP contribution >= 0.6 is 23.4 Å². The SMILES string of the molecule is CCC1CCCCN1C(=O)CSc1nccn1-c1cccc(Cl)c1. The summed E-state index contributed by atoms with van der Waals surface area (Å²) in [7, 11) is 0. The number of nitrogens with zero attached hydrogens (tertiary/aromatic N) is 3. The third kappa shape index (κ3) is 3.95. The Morgan fingerprint density at radius 3 is 3.08 bits per heavy atom. The van der Waals surface area contributed by atoms with Crippen LogP contribution in [0, 0.1) is 0 Å². The van der Waals surface area contributed by atoms with Gasteiger partial charge in [0.2, 0.25) is 5.91 Å². The molecule has 0 spiro atoms. The molecule has 2 heterocycles. The highest BCUT2D eigenvalue weighted by Crippen LogP contribution is 2.25. The van der Waals surface area contributed by atoms with Gasteiger partial charge < -0.3 is 4.90 Å². The first-order valence-corrected chi connectivity index (χ1v) is 9.77. The van der Waals surface area contributed by atoms with Crippen LogP contribution in [0.15, 0.2) is 41.8 Å². The first kappa shape index (κ1) is 17.4. The molecule has 2 aromatic rings. The molecule has 6 heteroatoms. The van der Waals surface area contributed by atoms with Crippen molar-refractivity contribution in [2.45, 2.75) is 43.8 Å². The lowest BCUT2D eigenvalue weighted by atomic mass is 10.0. The van der Waals surface area contributed by atoms with Crippen LogP contribution in [0.5, 0.6) is 0 Å². The molecule has 4 nitrogen and oxygen atoms in total. The molecule has 1 aliphatic rings. The number of carbonyl (C=O) groups is 1. The Bertz CT molecular complexity index is 703. The lowest BCUT2D eigenvalue weighted by molar-refractivity contribution is -0.132. The van der Waals surface area contributed by atoms with Gasteiger partial charge in [0.1, 0.15) is 0 Å². The van der Waals surface area contributed by atoms with E-state index in [0.717, 1.165) is 36.7 Å². The first-order chi connectivity index (χ1) is 11.7. The fourth-order valence-electron chi connectivity index (χ4n) is 3.18. The second-order valence-corrected chi connectivity index (χ2v) is 7.37. The van der Waals surface area contributed by atoms with E-state index < -0.39 is 0 Å². The molecule has 0 aliphatic carbocycles. The number of likely N-dealkylation sites (tertiary alicyclic amines) is 1. The maximum Gasteiger partial charge on any atom is 0.233 e. The van der Waals surface area contributed by atoms with Crippen LogP contribution in [-0.2, 0) is 4.79 Å². The molecular weight excluding hydrogens is 342 g/mol. The highest BCUT2D eigenvalue weighted by molar-refractivity contribution is 7.99. The zero-order valence-electron chi connectivity index (χ0n) is 13.8. The molecule has 0 saturated carbocycles. The molecule has 1 atom stereocenters. The standard InChI is InChI=1S/C18H22ClN3OS/c1-2-15-7-3-4-10-21(15)17(23)13-24-18-20-9-11-22(18)16-8-5-6-14(19)12-16/h5-6,8-9,11-12,15H,2-4,7,10,13H2,1H3. The highest BCUT2D eigenvalue weighted by atomic mass is 35.5. The molecule has 1 aliphatic heterocycles. The number of carbonyl (C=O) groups excluding carboxylic acids is 1. The Labute approximate surface area is 152 Å². The van der Waals surface area contributed by atoms with Gasteiger partial charge in [0.25, 0.3) is 0 Å². The van der Waals surface area contributed by atoms with Crippen molar-refractivity contribution in [2.75, 3.05) is 12.3 Å². The summed E-state index contributed by atoms with van der Waals surface area (Å²) in [5.74, 6) is 0.640. The van der Waals surface area contributed by atoms with Gasteiger partial charge >= 0.3 is 0 Å². The Kier molecular flexibility index (Phi) is 5.85. The highest BCUT2D eigenvalue weighted by Gasteiger charge is 2.25. The van der Waals surface area contributed by atoms with Crippen molar-refractivity contribution in [3.8, 4) is 5.69 Å². The molecule has 1 aromatic heterocycles. The van der Waals surface area contributed by atoms with Crippen LogP contribution in [0.25, 0.3) is 5.69 Å². The summed E-state index contributed by atoms with van der Waals surface area (Å²) in [6.07, 6.45) is 8.16. The van der Waals surface area contributed by atoms with E-state index >= 15 is 0 Å². The molecule has 0 radical (unpaired) electrons. The zero-order valence-corrected chi connectivity index (χ0v) is 15.4. The Morgan fingerprint density at radius 1 is 1.42 bits per heavy atom. The number of aromatic nitrogens is 2. The maximum absolute atomic E-state index is 12.6. The van der Waals surface area contributed by atoms with Crippen molar-refractivity contribution < 1.29 is 4.79 Å². The van der Waals surface area contributed by atoms with Crippen LogP contribution in [0.3, 0.4) is 0 Å². The molecule has 128 valence electrons. The molecule has 0 N–H and O–H groups in total. The molecule has 1 amide bonds. The summed E-state index contributed by atoms with van der Waals surface area (Å²) in [4.78, 5) is 19.1. The van der Waals surface area contributed by atoms with Crippen LogP contribution in [0.1, 0.15) is 32.6 Å². The van der Waals surface area contributed by atoms with Gasteiger partial charge in [-0.15, -0.1) is 0 Å². The van der Waals surface area contributed by atoms with E-state index in [1.165, 1.54) is 18.2 Å². The van der Waals surface area contributed by atoms with Crippen molar-refractivity contribution in [1.29, 1.82) is 0 Å². The van der Waals surface area contributed by atoms with Gasteiger partial charge in [0.15, 0.2) is 5.16 Å². The number of benzene rings is 1. The third-order valence-corrected chi connectivity index (χ3v) is 5.62. The predicted octanol–water partition coefficient (Wildman–Crippen LogP) is 4.41. The van der Waals surface area contributed by atoms with Gasteiger partial charge in [0.05, 0.1) is 5.75 Å². The Morgan fingerprint density at radius 2 is 2.29 bits per heavy atom. The van der Waals surface area contributed by atoms with Gasteiger partial charge in [-0.3, -0.25) is 9.36 Å². The minimum Gasteiger partial charge on any atom is -0.339 e. The minimum atomic E-state index is 0.215. The van der Waals surface area contributed by atoms with Crippen LogP contribution in [0.2, 0.25) is 5.02 Å². The number of rotatable bonds is 5. The summed E-state index contributed by atoms with van der Waals surface area (Å²) >= 11 is 7.56. The molecular formula is C18H22ClN3OS. The summed E-state index contributed by atoms with van der Waals surface area (Å²) in [6, 6.07) is 8.04. The van der Waals surface area contributed by atoms with E-state index in [4.69, 9.17) is 11.6 Å². The molecule has 0 bridgehead atoms. The van der Waals surface area contributed by atoms with Crippen molar-refractivity contribution in [1.82, 2.24) is 14.5 Å². The van der Waals surface area contributed by atoms with Crippen LogP contribution in [-0.4, -0.2) is 38.7 Å². The number of amides is 1. The van der Waals surface area contributed by atoms with Gasteiger partial charge in [-0.25, -0.2) is 4.98 Å². The summed E-state index contributed by atoms with van der Waals surface area (Å²) in [6.45, 7) is 3.05. The average Bonchev–Trinajstić information content (AvgIpc) is 3.08. The van der Waals surface area contributed by atoms with Crippen molar-refractivity contribution in [2.24, 2.45) is 0 Å². The first-order valence-electron chi connectivity index (χ1n) is 8.40. The third-order valence-electron chi connectivity index (χ3n) is 4.44. The fourth-order valence-corrected chi connectivity index (χ4v) is 4.23. The van der Waals surface area contributed by atoms with Crippen molar-refractivity contribution in [3.63, 3.8) is 0 Å². The number of hydrogen-bond donors (Lipinski definition) is 0. The van der Waals surface area contributed by atoms with E-state index in [-0.39, 0.29) is 5.91 Å². The Balaban J connectivity index is 1.67. The predicted molar refractivity (Wildman–Crippen MR) is 98.9 cm³/mol. The van der Waals surface area contributed by atoms with Gasteiger partial charge in [-0.2, -0.15) is 0 Å². The quantitative estimate of drug-likeness (QED) is 0.738. The van der Waals surface area contributed by atoms with Crippen LogP contribution < -0.4 is 0 Å². The molecule has 1 saturated heterocycles. The summed E-state index contributed by atoms with van der Waals surface area (Å²) < 4.78 is 1.97. The second-order valence-electron chi connectivity index (χ2n) is 5.99. The van der Waals surface area contributed by atoms with E-state index in [1.54, 1.807) is 6.20 Å². The van der Waals surface area contributed by atoms with E-state index in [1.807, 2.05) is 35.0 Å². The summed E-state index contributed by atoms with van der Waals surface area (Å²) in [5.41, 5.74) is 0.958. The minimum absolute atomic E-state index is 0.215. The molecule has 1 aromatic carbocycles. The van der Waals surface area contributed by atoms with Gasteiger partial charge in [-0.1, -0.05) is 36.4 Å². The van der Waals surface area contributed by atoms with Crippen molar-refractivity contribution in [3.05, 3.63) is 41.7 Å². The molecule has 1 unspecified atom stereocenters. The fraction of sp³-hybridized carbons (Fsp3) is 0.444. The molecule has 3 rings (SSSR count). The van der Waals surface area contributed by atoms with E-state index in [9.17, 15) is 4.79 Å². The number of hydrogen-bond acceptors (Lipinski definition) is 3. The molecule has 1 fully saturated rings. The van der Waals surface area contributed by atoms with Gasteiger partial charge in [-0.05, 0) is 43.9 Å². The van der Waals surface area contributed by atoms with Crippen molar-refractivity contribution >= 4 is 29.3 Å².